The van der Waals surface area contributed by atoms with Crippen LogP contribution in [0.4, 0.5) is 4.39 Å². The highest BCUT2D eigenvalue weighted by Crippen LogP contribution is 2.27. The van der Waals surface area contributed by atoms with E-state index < -0.39 is 5.82 Å². The maximum absolute atomic E-state index is 12.9. The summed E-state index contributed by atoms with van der Waals surface area (Å²) in [5, 5.41) is 19.3. The third kappa shape index (κ3) is 3.04. The molecule has 0 heterocycles. The van der Waals surface area contributed by atoms with Gasteiger partial charge in [-0.25, -0.2) is 4.39 Å². The van der Waals surface area contributed by atoms with Gasteiger partial charge in [-0.2, -0.15) is 0 Å². The van der Waals surface area contributed by atoms with Gasteiger partial charge in [-0.15, -0.1) is 0 Å². The summed E-state index contributed by atoms with van der Waals surface area (Å²) in [6.45, 7) is 0.441. The summed E-state index contributed by atoms with van der Waals surface area (Å²) >= 11 is 0. The van der Waals surface area contributed by atoms with Crippen LogP contribution < -0.4 is 0 Å². The lowest BCUT2D eigenvalue weighted by atomic mass is 10.0. The number of nitrogens with zero attached hydrogens (tertiary/aromatic N) is 1. The molecular weight excluding hydrogens is 249 g/mol. The van der Waals surface area contributed by atoms with Crippen LogP contribution in [0.25, 0.3) is 0 Å². The van der Waals surface area contributed by atoms with Gasteiger partial charge in [-0.3, -0.25) is 4.79 Å². The molecule has 0 bridgehead atoms. The van der Waals surface area contributed by atoms with Crippen molar-refractivity contribution in [3.05, 3.63) is 29.6 Å². The van der Waals surface area contributed by atoms with Crippen LogP contribution in [-0.2, 0) is 0 Å². The van der Waals surface area contributed by atoms with Gasteiger partial charge in [0.05, 0.1) is 11.7 Å². The van der Waals surface area contributed by atoms with Crippen LogP contribution in [0.15, 0.2) is 18.2 Å². The molecule has 0 spiro atoms. The molecule has 2 unspecified atom stereocenters. The van der Waals surface area contributed by atoms with E-state index in [4.69, 9.17) is 0 Å². The highest BCUT2D eigenvalue weighted by atomic mass is 19.1. The molecule has 1 aromatic carbocycles. The van der Waals surface area contributed by atoms with Gasteiger partial charge in [-0.1, -0.05) is 6.42 Å². The first kappa shape index (κ1) is 13.8. The summed E-state index contributed by atoms with van der Waals surface area (Å²) in [5.74, 6) is -1.22. The lowest BCUT2D eigenvalue weighted by Gasteiger charge is -2.23. The topological polar surface area (TPSA) is 60.8 Å². The number of hydrogen-bond acceptors (Lipinski definition) is 3. The maximum atomic E-state index is 12.9. The standard InChI is InChI=1S/C14H18FNO3/c1-16(8-9-3-2-4-12(9)17)14(19)11-6-5-10(15)7-13(11)18/h5-7,9,12,17-18H,2-4,8H2,1H3. The SMILES string of the molecule is CN(CC1CCCC1O)C(=O)c1ccc(F)cc1O. The lowest BCUT2D eigenvalue weighted by Crippen LogP contribution is -2.34. The van der Waals surface area contributed by atoms with Crippen molar-refractivity contribution in [2.24, 2.45) is 5.92 Å². The van der Waals surface area contributed by atoms with Gasteiger partial charge >= 0.3 is 0 Å². The molecule has 0 saturated heterocycles. The number of carbonyl (C=O) groups excluding carboxylic acids is 1. The van der Waals surface area contributed by atoms with Crippen LogP contribution in [-0.4, -0.2) is 40.7 Å². The van der Waals surface area contributed by atoms with Crippen LogP contribution in [0, 0.1) is 11.7 Å². The fourth-order valence-corrected chi connectivity index (χ4v) is 2.56. The fraction of sp³-hybridized carbons (Fsp3) is 0.500. The Kier molecular flexibility index (Phi) is 4.04. The molecule has 1 fully saturated rings. The predicted octanol–water partition coefficient (Wildman–Crippen LogP) is 1.76. The Labute approximate surface area is 111 Å². The predicted molar refractivity (Wildman–Crippen MR) is 68.4 cm³/mol. The van der Waals surface area contributed by atoms with E-state index in [9.17, 15) is 19.4 Å². The van der Waals surface area contributed by atoms with Gasteiger partial charge in [0.1, 0.15) is 11.6 Å². The van der Waals surface area contributed by atoms with Crippen molar-refractivity contribution in [3.63, 3.8) is 0 Å². The van der Waals surface area contributed by atoms with E-state index in [1.165, 1.54) is 11.0 Å². The number of aliphatic hydroxyl groups is 1. The number of hydrogen-bond donors (Lipinski definition) is 2. The zero-order valence-corrected chi connectivity index (χ0v) is 10.8. The second kappa shape index (κ2) is 5.57. The Bertz CT molecular complexity index is 478. The molecule has 1 saturated carbocycles. The number of halogens is 1. The number of aromatic hydroxyl groups is 1. The van der Waals surface area contributed by atoms with Gasteiger partial charge in [0.25, 0.3) is 5.91 Å². The smallest absolute Gasteiger partial charge is 0.257 e. The number of phenolic OH excluding ortho intramolecular Hbond substituents is 1. The normalized spacial score (nSPS) is 22.5. The molecule has 5 heteroatoms. The van der Waals surface area contributed by atoms with Crippen LogP contribution in [0.1, 0.15) is 29.6 Å². The average Bonchev–Trinajstić information content (AvgIpc) is 2.74. The lowest BCUT2D eigenvalue weighted by molar-refractivity contribution is 0.0691. The molecule has 2 atom stereocenters. The fourth-order valence-electron chi connectivity index (χ4n) is 2.56. The van der Waals surface area contributed by atoms with E-state index in [-0.39, 0.29) is 29.2 Å². The van der Waals surface area contributed by atoms with Gasteiger partial charge in [0.2, 0.25) is 0 Å². The van der Waals surface area contributed by atoms with Gasteiger partial charge in [-0.05, 0) is 25.0 Å². The molecule has 2 rings (SSSR count). The number of carbonyl (C=O) groups is 1. The van der Waals surface area contributed by atoms with Crippen molar-refractivity contribution in [1.29, 1.82) is 0 Å². The third-order valence-electron chi connectivity index (χ3n) is 3.66. The molecule has 0 aliphatic heterocycles. The Balaban J connectivity index is 2.06. The zero-order valence-electron chi connectivity index (χ0n) is 10.8. The van der Waals surface area contributed by atoms with E-state index in [1.807, 2.05) is 0 Å². The van der Waals surface area contributed by atoms with Crippen molar-refractivity contribution >= 4 is 5.91 Å². The van der Waals surface area contributed by atoms with Crippen molar-refractivity contribution in [2.75, 3.05) is 13.6 Å². The van der Waals surface area contributed by atoms with E-state index in [0.29, 0.717) is 6.54 Å². The van der Waals surface area contributed by atoms with Crippen molar-refractivity contribution in [3.8, 4) is 5.75 Å². The number of phenols is 1. The van der Waals surface area contributed by atoms with Gasteiger partial charge in [0.15, 0.2) is 0 Å². The summed E-state index contributed by atoms with van der Waals surface area (Å²) in [6, 6.07) is 3.34. The summed E-state index contributed by atoms with van der Waals surface area (Å²) < 4.78 is 12.9. The summed E-state index contributed by atoms with van der Waals surface area (Å²) in [6.07, 6.45) is 2.27. The first-order valence-corrected chi connectivity index (χ1v) is 6.41. The molecule has 1 aromatic rings. The molecule has 19 heavy (non-hydrogen) atoms. The largest absolute Gasteiger partial charge is 0.507 e. The summed E-state index contributed by atoms with van der Waals surface area (Å²) in [7, 11) is 1.62. The van der Waals surface area contributed by atoms with E-state index in [1.54, 1.807) is 7.05 Å². The second-order valence-electron chi connectivity index (χ2n) is 5.11. The average molecular weight is 267 g/mol. The molecule has 1 aliphatic rings. The Hall–Kier alpha value is -1.62. The van der Waals surface area contributed by atoms with Gasteiger partial charge < -0.3 is 15.1 Å². The number of benzene rings is 1. The van der Waals surface area contributed by atoms with Crippen LogP contribution in [0.3, 0.4) is 0 Å². The summed E-state index contributed by atoms with van der Waals surface area (Å²) in [5.41, 5.74) is 0.0800. The van der Waals surface area contributed by atoms with Crippen LogP contribution in [0.5, 0.6) is 5.75 Å². The minimum atomic E-state index is -0.581. The van der Waals surface area contributed by atoms with Crippen molar-refractivity contribution < 1.29 is 19.4 Å². The molecule has 4 nitrogen and oxygen atoms in total. The highest BCUT2D eigenvalue weighted by Gasteiger charge is 2.28. The van der Waals surface area contributed by atoms with Gasteiger partial charge in [0, 0.05) is 25.6 Å². The van der Waals surface area contributed by atoms with E-state index >= 15 is 0 Å². The van der Waals surface area contributed by atoms with Crippen LogP contribution >= 0.6 is 0 Å². The minimum absolute atomic E-state index is 0.0800. The Morgan fingerprint density at radius 1 is 1.47 bits per heavy atom. The Morgan fingerprint density at radius 3 is 2.79 bits per heavy atom. The van der Waals surface area contributed by atoms with E-state index in [2.05, 4.69) is 0 Å². The number of amides is 1. The monoisotopic (exact) mass is 267 g/mol. The maximum Gasteiger partial charge on any atom is 0.257 e. The Morgan fingerprint density at radius 2 is 2.21 bits per heavy atom. The molecule has 0 radical (unpaired) electrons. The number of rotatable bonds is 3. The quantitative estimate of drug-likeness (QED) is 0.877. The second-order valence-corrected chi connectivity index (χ2v) is 5.11. The van der Waals surface area contributed by atoms with Crippen LogP contribution in [0.2, 0.25) is 0 Å². The number of aliphatic hydroxyl groups excluding tert-OH is 1. The molecule has 0 aromatic heterocycles. The third-order valence-corrected chi connectivity index (χ3v) is 3.66. The molecule has 104 valence electrons. The van der Waals surface area contributed by atoms with E-state index in [0.717, 1.165) is 31.4 Å². The van der Waals surface area contributed by atoms with Crippen molar-refractivity contribution in [1.82, 2.24) is 4.90 Å². The summed E-state index contributed by atoms with van der Waals surface area (Å²) in [4.78, 5) is 13.6. The molecule has 1 amide bonds. The molecule has 2 N–H and O–H groups in total. The molecular formula is C14H18FNO3. The first-order chi connectivity index (χ1) is 8.99. The highest BCUT2D eigenvalue weighted by molar-refractivity contribution is 5.96. The first-order valence-electron chi connectivity index (χ1n) is 6.41. The zero-order chi connectivity index (χ0) is 14.0. The minimum Gasteiger partial charge on any atom is -0.507 e. The van der Waals surface area contributed by atoms with Crippen molar-refractivity contribution in [2.45, 2.75) is 25.4 Å². The molecule has 1 aliphatic carbocycles.